The molecule has 0 aromatic carbocycles. The van der Waals surface area contributed by atoms with Gasteiger partial charge in [-0.2, -0.15) is 11.8 Å². The van der Waals surface area contributed by atoms with Crippen molar-refractivity contribution in [3.05, 3.63) is 0 Å². The maximum absolute atomic E-state index is 13.2. The number of esters is 2. The predicted octanol–water partition coefficient (Wildman–Crippen LogP) is 3.44. The molecule has 1 aliphatic heterocycles. The molecule has 0 aromatic rings. The van der Waals surface area contributed by atoms with E-state index in [1.807, 2.05) is 48.5 Å². The molecule has 4 N–H and O–H groups in total. The predicted molar refractivity (Wildman–Crippen MR) is 227 cm³/mol. The highest BCUT2D eigenvalue weighted by molar-refractivity contribution is 8.00. The zero-order valence-electron chi connectivity index (χ0n) is 37.9. The standard InChI is InChI=1S/C40H71N4O15PS/c1-12-39(9,36(51)42-19-23-57-60(52,53)58-26-30(59-29(4)46)25-54-28(3)45)17-22-55-38(7,8)15-18-41-35(50)37(5,6)16-21-56-40(10,13-2)27-43-32(47)14-20-44-33(48)24-31(61-11)34(44)49/h30-31H,12-27H2,1-11H3,(H,41,50)(H,42,51)(H,43,47)(H,52,53)/t30-,31?,39?,40?/m1/s1. The summed E-state index contributed by atoms with van der Waals surface area (Å²) in [5.41, 5.74) is -2.89. The van der Waals surface area contributed by atoms with Crippen molar-refractivity contribution in [1.29, 1.82) is 0 Å². The molecule has 1 rings (SSSR count). The summed E-state index contributed by atoms with van der Waals surface area (Å²) in [6.45, 7) is 17.0. The van der Waals surface area contributed by atoms with Crippen molar-refractivity contribution in [2.24, 2.45) is 10.8 Å². The molecule has 352 valence electrons. The summed E-state index contributed by atoms with van der Waals surface area (Å²) in [5.74, 6) is -2.60. The second kappa shape index (κ2) is 25.8. The Labute approximate surface area is 365 Å². The van der Waals surface area contributed by atoms with Gasteiger partial charge in [0.05, 0.1) is 29.7 Å². The van der Waals surface area contributed by atoms with Crippen LogP contribution >= 0.6 is 19.6 Å². The van der Waals surface area contributed by atoms with Gasteiger partial charge in [-0.05, 0) is 59.1 Å². The molecule has 4 unspecified atom stereocenters. The molecule has 5 atom stereocenters. The van der Waals surface area contributed by atoms with Crippen LogP contribution in [0.25, 0.3) is 0 Å². The van der Waals surface area contributed by atoms with Crippen LogP contribution in [0.3, 0.4) is 0 Å². The first-order valence-electron chi connectivity index (χ1n) is 20.6. The molecular formula is C40H71N4O15PS. The number of nitrogens with one attached hydrogen (secondary N) is 3. The largest absolute Gasteiger partial charge is 0.472 e. The van der Waals surface area contributed by atoms with Gasteiger partial charge in [-0.15, -0.1) is 0 Å². The molecule has 21 heteroatoms. The Morgan fingerprint density at radius 3 is 2.05 bits per heavy atom. The van der Waals surface area contributed by atoms with Gasteiger partial charge in [0.25, 0.3) is 0 Å². The lowest BCUT2D eigenvalue weighted by molar-refractivity contribution is -0.158. The lowest BCUT2D eigenvalue weighted by Gasteiger charge is -2.32. The highest BCUT2D eigenvalue weighted by Gasteiger charge is 2.38. The van der Waals surface area contributed by atoms with Crippen LogP contribution in [0.5, 0.6) is 0 Å². The van der Waals surface area contributed by atoms with Crippen molar-refractivity contribution < 1.29 is 71.0 Å². The normalized spacial score (nSPS) is 18.0. The summed E-state index contributed by atoms with van der Waals surface area (Å²) in [6.07, 6.45) is 3.19. The van der Waals surface area contributed by atoms with E-state index in [0.29, 0.717) is 38.6 Å². The van der Waals surface area contributed by atoms with Crippen LogP contribution in [0.2, 0.25) is 0 Å². The van der Waals surface area contributed by atoms with Crippen LogP contribution in [0, 0.1) is 10.8 Å². The molecular weight excluding hydrogens is 839 g/mol. The Kier molecular flexibility index (Phi) is 23.7. The Morgan fingerprint density at radius 1 is 0.836 bits per heavy atom. The number of hydrogen-bond acceptors (Lipinski definition) is 15. The van der Waals surface area contributed by atoms with Crippen LogP contribution in [-0.4, -0.2) is 139 Å². The first kappa shape index (κ1) is 55.9. The van der Waals surface area contributed by atoms with E-state index in [2.05, 4.69) is 16.0 Å². The number of rotatable bonds is 31. The fourth-order valence-corrected chi connectivity index (χ4v) is 7.10. The minimum absolute atomic E-state index is 0.00458. The number of phosphoric acid groups is 1. The SMILES string of the molecule is CCC(C)(CNC(=O)CCN1C(=O)CC(SC)C1=O)OCCC(C)(C)C(=O)NCCC(C)(C)OCCC(C)(CC)C(=O)NCCOP(=O)(O)OC[C@@H](COC(C)=O)OC(C)=O. The number of thioether (sulfide) groups is 1. The zero-order valence-corrected chi connectivity index (χ0v) is 39.6. The number of likely N-dealkylation sites (tertiary alicyclic amines) is 1. The van der Waals surface area contributed by atoms with E-state index in [4.69, 9.17) is 28.0 Å². The Balaban J connectivity index is 2.46. The fourth-order valence-electron chi connectivity index (χ4n) is 5.71. The summed E-state index contributed by atoms with van der Waals surface area (Å²) in [4.78, 5) is 96.8. The van der Waals surface area contributed by atoms with Crippen molar-refractivity contribution in [1.82, 2.24) is 20.9 Å². The van der Waals surface area contributed by atoms with Crippen molar-refractivity contribution in [3.8, 4) is 0 Å². The molecule has 0 spiro atoms. The molecule has 0 saturated carbocycles. The van der Waals surface area contributed by atoms with Crippen LogP contribution in [0.15, 0.2) is 0 Å². The number of phosphoric ester groups is 1. The highest BCUT2D eigenvalue weighted by atomic mass is 32.2. The molecule has 0 bridgehead atoms. The van der Waals surface area contributed by atoms with Crippen LogP contribution in [0.1, 0.15) is 114 Å². The third-order valence-electron chi connectivity index (χ3n) is 10.6. The number of nitrogens with zero attached hydrogens (tertiary/aromatic N) is 1. The zero-order chi connectivity index (χ0) is 46.7. The maximum Gasteiger partial charge on any atom is 0.472 e. The number of carbonyl (C=O) groups excluding carboxylic acids is 7. The average molecular weight is 911 g/mol. The van der Waals surface area contributed by atoms with E-state index in [0.717, 1.165) is 18.7 Å². The molecule has 1 fully saturated rings. The molecule has 0 radical (unpaired) electrons. The fraction of sp³-hybridized carbons (Fsp3) is 0.825. The van der Waals surface area contributed by atoms with Gasteiger partial charge in [-0.25, -0.2) is 4.57 Å². The Morgan fingerprint density at radius 2 is 1.48 bits per heavy atom. The van der Waals surface area contributed by atoms with E-state index in [1.165, 1.54) is 11.8 Å². The summed E-state index contributed by atoms with van der Waals surface area (Å²) in [5, 5.41) is 8.16. The molecule has 1 heterocycles. The molecule has 1 aliphatic rings. The number of hydrogen-bond donors (Lipinski definition) is 4. The number of amides is 5. The minimum atomic E-state index is -4.60. The Hall–Kier alpha value is -3.13. The van der Waals surface area contributed by atoms with Crippen molar-refractivity contribution in [2.45, 2.75) is 137 Å². The lowest BCUT2D eigenvalue weighted by Crippen LogP contribution is -2.45. The monoisotopic (exact) mass is 910 g/mol. The second-order valence-corrected chi connectivity index (χ2v) is 19.3. The van der Waals surface area contributed by atoms with E-state index in [1.54, 1.807) is 13.2 Å². The summed E-state index contributed by atoms with van der Waals surface area (Å²) < 4.78 is 44.1. The van der Waals surface area contributed by atoms with Gasteiger partial charge in [0.2, 0.25) is 29.5 Å². The lowest BCUT2D eigenvalue weighted by atomic mass is 9.83. The second-order valence-electron chi connectivity index (χ2n) is 16.8. The molecule has 0 aliphatic carbocycles. The Bertz CT molecular complexity index is 1550. The van der Waals surface area contributed by atoms with Gasteiger partial charge < -0.3 is 39.8 Å². The highest BCUT2D eigenvalue weighted by Crippen LogP contribution is 2.43. The first-order valence-corrected chi connectivity index (χ1v) is 23.4. The summed E-state index contributed by atoms with van der Waals surface area (Å²) in [6, 6.07) is 0. The molecule has 1 saturated heterocycles. The van der Waals surface area contributed by atoms with Gasteiger partial charge in [-0.3, -0.25) is 47.5 Å². The summed E-state index contributed by atoms with van der Waals surface area (Å²) >= 11 is 1.33. The number of ether oxygens (including phenoxy) is 4. The molecule has 5 amide bonds. The summed E-state index contributed by atoms with van der Waals surface area (Å²) in [7, 11) is -4.60. The average Bonchev–Trinajstić information content (AvgIpc) is 3.46. The van der Waals surface area contributed by atoms with Gasteiger partial charge in [0.15, 0.2) is 6.10 Å². The number of carbonyl (C=O) groups is 7. The van der Waals surface area contributed by atoms with Gasteiger partial charge >= 0.3 is 19.8 Å². The number of imide groups is 1. The van der Waals surface area contributed by atoms with Crippen molar-refractivity contribution >= 4 is 61.1 Å². The maximum atomic E-state index is 13.2. The molecule has 19 nitrogen and oxygen atoms in total. The first-order chi connectivity index (χ1) is 28.2. The quantitative estimate of drug-likeness (QED) is 0.0337. The minimum Gasteiger partial charge on any atom is -0.462 e. The molecule has 0 aromatic heterocycles. The van der Waals surface area contributed by atoms with Gasteiger partial charge in [-0.1, -0.05) is 34.6 Å². The van der Waals surface area contributed by atoms with Gasteiger partial charge in [0, 0.05) is 76.9 Å². The molecule has 61 heavy (non-hydrogen) atoms. The van der Waals surface area contributed by atoms with Crippen molar-refractivity contribution in [3.63, 3.8) is 0 Å². The van der Waals surface area contributed by atoms with Crippen LogP contribution < -0.4 is 16.0 Å². The van der Waals surface area contributed by atoms with Crippen LogP contribution in [0.4, 0.5) is 0 Å². The van der Waals surface area contributed by atoms with E-state index in [-0.39, 0.29) is 93.7 Å². The third-order valence-corrected chi connectivity index (χ3v) is 12.5. The van der Waals surface area contributed by atoms with E-state index < -0.39 is 54.5 Å². The third kappa shape index (κ3) is 21.2. The van der Waals surface area contributed by atoms with Gasteiger partial charge in [0.1, 0.15) is 6.61 Å². The van der Waals surface area contributed by atoms with Crippen molar-refractivity contribution in [2.75, 3.05) is 65.5 Å². The van der Waals surface area contributed by atoms with Crippen LogP contribution in [-0.2, 0) is 66.1 Å². The smallest absolute Gasteiger partial charge is 0.462 e. The topological polar surface area (TPSA) is 251 Å². The van der Waals surface area contributed by atoms with E-state index in [9.17, 15) is 43.0 Å². The van der Waals surface area contributed by atoms with E-state index >= 15 is 0 Å².